The van der Waals surface area contributed by atoms with Crippen molar-refractivity contribution in [2.45, 2.75) is 4.90 Å². The molecule has 0 bridgehead atoms. The Hall–Kier alpha value is -2.98. The van der Waals surface area contributed by atoms with Crippen LogP contribution in [-0.4, -0.2) is 50.4 Å². The number of halogens is 2. The van der Waals surface area contributed by atoms with Gasteiger partial charge in [0.25, 0.3) is 5.91 Å². The molecule has 0 radical (unpaired) electrons. The lowest BCUT2D eigenvalue weighted by atomic mass is 10.2. The highest BCUT2D eigenvalue weighted by Gasteiger charge is 2.17. The first-order chi connectivity index (χ1) is 14.4. The molecule has 2 N–H and O–H groups in total. The van der Waals surface area contributed by atoms with Crippen LogP contribution in [0.2, 0.25) is 0 Å². The van der Waals surface area contributed by atoms with Crippen molar-refractivity contribution in [3.8, 4) is 0 Å². The van der Waals surface area contributed by atoms with Gasteiger partial charge in [0.2, 0.25) is 5.91 Å². The smallest absolute Gasteiger partial charge is 0.339 e. The summed E-state index contributed by atoms with van der Waals surface area (Å²) < 4.78 is 36.9. The van der Waals surface area contributed by atoms with E-state index in [9.17, 15) is 23.2 Å². The van der Waals surface area contributed by atoms with Gasteiger partial charge in [-0.15, -0.1) is 11.8 Å². The summed E-state index contributed by atoms with van der Waals surface area (Å²) in [7, 11) is 1.52. The summed E-state index contributed by atoms with van der Waals surface area (Å²) in [5, 5.41) is 4.69. The fourth-order valence-electron chi connectivity index (χ4n) is 2.25. The molecule has 2 aromatic carbocycles. The number of amides is 2. The molecule has 0 unspecified atom stereocenters. The van der Waals surface area contributed by atoms with Crippen molar-refractivity contribution in [3.05, 3.63) is 59.7 Å². The molecule has 30 heavy (non-hydrogen) atoms. The lowest BCUT2D eigenvalue weighted by Gasteiger charge is -2.10. The number of hydrogen-bond acceptors (Lipinski definition) is 6. The zero-order valence-electron chi connectivity index (χ0n) is 16.1. The molecule has 0 fully saturated rings. The molecule has 7 nitrogen and oxygen atoms in total. The molecule has 2 aromatic rings. The molecule has 0 aliphatic carbocycles. The highest BCUT2D eigenvalue weighted by Crippen LogP contribution is 2.23. The Bertz CT molecular complexity index is 890. The highest BCUT2D eigenvalue weighted by molar-refractivity contribution is 8.00. The molecule has 0 saturated heterocycles. The van der Waals surface area contributed by atoms with Gasteiger partial charge in [-0.1, -0.05) is 18.2 Å². The fourth-order valence-corrected chi connectivity index (χ4v) is 3.12. The quantitative estimate of drug-likeness (QED) is 0.337. The minimum absolute atomic E-state index is 0.0705. The number of hydrogen-bond donors (Lipinski definition) is 2. The largest absolute Gasteiger partial charge is 0.452 e. The van der Waals surface area contributed by atoms with E-state index in [1.807, 2.05) is 5.32 Å². The van der Waals surface area contributed by atoms with Crippen molar-refractivity contribution in [2.24, 2.45) is 0 Å². The van der Waals surface area contributed by atoms with E-state index in [0.717, 1.165) is 30.0 Å². The number of benzene rings is 2. The van der Waals surface area contributed by atoms with Crippen LogP contribution in [0, 0.1) is 11.6 Å². The van der Waals surface area contributed by atoms with Crippen LogP contribution in [0.5, 0.6) is 0 Å². The van der Waals surface area contributed by atoms with Gasteiger partial charge in [-0.2, -0.15) is 0 Å². The van der Waals surface area contributed by atoms with E-state index in [1.54, 1.807) is 18.2 Å². The monoisotopic (exact) mass is 438 g/mol. The van der Waals surface area contributed by atoms with Crippen LogP contribution in [0.25, 0.3) is 0 Å². The minimum Gasteiger partial charge on any atom is -0.452 e. The molecule has 0 atom stereocenters. The molecular weight excluding hydrogens is 418 g/mol. The average Bonchev–Trinajstić information content (AvgIpc) is 2.73. The number of thioether (sulfide) groups is 1. The van der Waals surface area contributed by atoms with Crippen LogP contribution >= 0.6 is 11.8 Å². The number of methoxy groups -OCH3 is 1. The van der Waals surface area contributed by atoms with Crippen LogP contribution in [0.15, 0.2) is 47.4 Å². The van der Waals surface area contributed by atoms with Crippen LogP contribution in [-0.2, 0) is 19.1 Å². The molecule has 2 amide bonds. The number of carbonyl (C=O) groups is 3. The molecule has 0 spiro atoms. The zero-order valence-corrected chi connectivity index (χ0v) is 16.9. The molecule has 0 aliphatic heterocycles. The Balaban J connectivity index is 1.91. The fraction of sp³-hybridized carbons (Fsp3) is 0.250. The maximum Gasteiger partial charge on any atom is 0.339 e. The van der Waals surface area contributed by atoms with Crippen molar-refractivity contribution in [1.82, 2.24) is 5.32 Å². The van der Waals surface area contributed by atoms with Crippen molar-refractivity contribution >= 4 is 35.2 Å². The van der Waals surface area contributed by atoms with Gasteiger partial charge in [0, 0.05) is 18.6 Å². The second-order valence-electron chi connectivity index (χ2n) is 5.85. The van der Waals surface area contributed by atoms with Gasteiger partial charge in [0.15, 0.2) is 6.61 Å². The lowest BCUT2D eigenvalue weighted by molar-refractivity contribution is -0.119. The summed E-state index contributed by atoms with van der Waals surface area (Å²) in [5.41, 5.74) is -0.453. The SMILES string of the molecule is COCCNC(=O)CSc1ccccc1C(=O)OCC(=O)Nc1c(F)cccc1F. The van der Waals surface area contributed by atoms with Gasteiger partial charge >= 0.3 is 5.97 Å². The first-order valence-electron chi connectivity index (χ1n) is 8.80. The molecule has 0 saturated carbocycles. The number of para-hydroxylation sites is 1. The normalized spacial score (nSPS) is 10.4. The predicted molar refractivity (Wildman–Crippen MR) is 107 cm³/mol. The molecule has 0 heterocycles. The number of carbonyl (C=O) groups excluding carboxylic acids is 3. The van der Waals surface area contributed by atoms with Gasteiger partial charge in [-0.25, -0.2) is 13.6 Å². The van der Waals surface area contributed by atoms with Gasteiger partial charge in [-0.3, -0.25) is 9.59 Å². The molecule has 0 aliphatic rings. The second-order valence-corrected chi connectivity index (χ2v) is 6.87. The van der Waals surface area contributed by atoms with E-state index in [1.165, 1.54) is 13.2 Å². The number of esters is 1. The Kier molecular flexibility index (Phi) is 9.23. The summed E-state index contributed by atoms with van der Waals surface area (Å²) >= 11 is 1.13. The first kappa shape index (κ1) is 23.3. The highest BCUT2D eigenvalue weighted by atomic mass is 32.2. The Labute approximate surface area is 176 Å². The molecule has 0 aromatic heterocycles. The van der Waals surface area contributed by atoms with E-state index in [2.05, 4.69) is 5.32 Å². The Morgan fingerprint density at radius 2 is 1.70 bits per heavy atom. The first-order valence-corrected chi connectivity index (χ1v) is 9.79. The van der Waals surface area contributed by atoms with Crippen molar-refractivity contribution in [3.63, 3.8) is 0 Å². The van der Waals surface area contributed by atoms with Gasteiger partial charge in [-0.05, 0) is 24.3 Å². The Morgan fingerprint density at radius 3 is 2.40 bits per heavy atom. The summed E-state index contributed by atoms with van der Waals surface area (Å²) in [6, 6.07) is 9.56. The lowest BCUT2D eigenvalue weighted by Crippen LogP contribution is -2.28. The summed E-state index contributed by atoms with van der Waals surface area (Å²) in [6.45, 7) is 0.0264. The van der Waals surface area contributed by atoms with Crippen LogP contribution in [0.4, 0.5) is 14.5 Å². The minimum atomic E-state index is -0.944. The maximum absolute atomic E-state index is 13.6. The molecule has 160 valence electrons. The number of anilines is 1. The van der Waals surface area contributed by atoms with E-state index >= 15 is 0 Å². The van der Waals surface area contributed by atoms with E-state index < -0.39 is 35.8 Å². The van der Waals surface area contributed by atoms with Crippen molar-refractivity contribution < 1.29 is 32.6 Å². The number of nitrogens with one attached hydrogen (secondary N) is 2. The third-order valence-electron chi connectivity index (χ3n) is 3.66. The topological polar surface area (TPSA) is 93.7 Å². The Morgan fingerprint density at radius 1 is 1.00 bits per heavy atom. The molecule has 10 heteroatoms. The van der Waals surface area contributed by atoms with Gasteiger partial charge in [0.1, 0.15) is 17.3 Å². The van der Waals surface area contributed by atoms with Crippen LogP contribution in [0.1, 0.15) is 10.4 Å². The molecular formula is C20H20F2N2O5S. The van der Waals surface area contributed by atoms with Gasteiger partial charge < -0.3 is 20.1 Å². The van der Waals surface area contributed by atoms with Crippen molar-refractivity contribution in [1.29, 1.82) is 0 Å². The summed E-state index contributed by atoms with van der Waals surface area (Å²) in [4.78, 5) is 36.5. The second kappa shape index (κ2) is 11.9. The average molecular weight is 438 g/mol. The summed E-state index contributed by atoms with van der Waals surface area (Å²) in [6.07, 6.45) is 0. The third kappa shape index (κ3) is 7.12. The zero-order chi connectivity index (χ0) is 21.9. The number of ether oxygens (including phenoxy) is 2. The van der Waals surface area contributed by atoms with Gasteiger partial charge in [0.05, 0.1) is 17.9 Å². The van der Waals surface area contributed by atoms with E-state index in [0.29, 0.717) is 18.0 Å². The predicted octanol–water partition coefficient (Wildman–Crippen LogP) is 2.62. The third-order valence-corrected chi connectivity index (χ3v) is 4.73. The van der Waals surface area contributed by atoms with Crippen LogP contribution in [0.3, 0.4) is 0 Å². The standard InChI is InChI=1S/C20H20F2N2O5S/c1-28-10-9-23-18(26)12-30-16-8-3-2-5-13(16)20(27)29-11-17(25)24-19-14(21)6-4-7-15(19)22/h2-8H,9-12H2,1H3,(H,23,26)(H,24,25). The molecule has 2 rings (SSSR count). The van der Waals surface area contributed by atoms with Crippen molar-refractivity contribution in [2.75, 3.05) is 37.9 Å². The van der Waals surface area contributed by atoms with E-state index in [-0.39, 0.29) is 17.2 Å². The number of rotatable bonds is 10. The maximum atomic E-state index is 13.6. The van der Waals surface area contributed by atoms with E-state index in [4.69, 9.17) is 9.47 Å². The summed E-state index contributed by atoms with van der Waals surface area (Å²) in [5.74, 6) is -3.75. The van der Waals surface area contributed by atoms with Crippen LogP contribution < -0.4 is 10.6 Å².